The topological polar surface area (TPSA) is 61.8 Å². The Balaban J connectivity index is 2.54. The lowest BCUT2D eigenvalue weighted by molar-refractivity contribution is 0.318. The maximum absolute atomic E-state index is 13.1. The van der Waals surface area contributed by atoms with E-state index in [-0.39, 0.29) is 11.7 Å². The molecule has 0 unspecified atom stereocenters. The van der Waals surface area contributed by atoms with E-state index in [9.17, 15) is 4.39 Å². The van der Waals surface area contributed by atoms with E-state index >= 15 is 0 Å². The van der Waals surface area contributed by atoms with E-state index < -0.39 is 0 Å². The molecular formula is C15H15BrFN3O. The first kappa shape index (κ1) is 15.3. The number of hydrogen-bond donors (Lipinski definition) is 2. The minimum atomic E-state index is -0.290. The highest BCUT2D eigenvalue weighted by Gasteiger charge is 2.15. The summed E-state index contributed by atoms with van der Waals surface area (Å²) >= 11 is 3.37. The van der Waals surface area contributed by atoms with Gasteiger partial charge in [0, 0.05) is 22.3 Å². The zero-order valence-electron chi connectivity index (χ0n) is 11.4. The highest BCUT2D eigenvalue weighted by molar-refractivity contribution is 9.10. The minimum absolute atomic E-state index is 0.0202. The van der Waals surface area contributed by atoms with Crippen LogP contribution in [-0.2, 0) is 0 Å². The van der Waals surface area contributed by atoms with Gasteiger partial charge in [-0.3, -0.25) is 0 Å². The maximum Gasteiger partial charge on any atom is 0.172 e. The highest BCUT2D eigenvalue weighted by atomic mass is 79.9. The van der Waals surface area contributed by atoms with Gasteiger partial charge in [-0.15, -0.1) is 0 Å². The average molecular weight is 352 g/mol. The molecule has 0 amide bonds. The quantitative estimate of drug-likeness (QED) is 0.380. The molecule has 0 spiro atoms. The number of amidine groups is 1. The van der Waals surface area contributed by atoms with Gasteiger partial charge in [0.25, 0.3) is 0 Å². The van der Waals surface area contributed by atoms with Gasteiger partial charge in [0.2, 0.25) is 0 Å². The van der Waals surface area contributed by atoms with Crippen LogP contribution >= 0.6 is 15.9 Å². The molecule has 2 aromatic rings. The highest BCUT2D eigenvalue weighted by Crippen LogP contribution is 2.30. The molecule has 0 bridgehead atoms. The molecule has 0 aliphatic heterocycles. The Labute approximate surface area is 130 Å². The molecule has 2 rings (SSSR count). The number of anilines is 2. The Morgan fingerprint density at radius 2 is 1.95 bits per heavy atom. The fraction of sp³-hybridized carbons (Fsp3) is 0.133. The molecule has 3 N–H and O–H groups in total. The van der Waals surface area contributed by atoms with Crippen molar-refractivity contribution in [3.8, 4) is 0 Å². The predicted octanol–water partition coefficient (Wildman–Crippen LogP) is 3.84. The monoisotopic (exact) mass is 351 g/mol. The van der Waals surface area contributed by atoms with E-state index in [1.807, 2.05) is 24.0 Å². The molecule has 110 valence electrons. The summed E-state index contributed by atoms with van der Waals surface area (Å²) in [6.45, 7) is 2.63. The van der Waals surface area contributed by atoms with Crippen molar-refractivity contribution in [2.24, 2.45) is 10.9 Å². The van der Waals surface area contributed by atoms with E-state index in [4.69, 9.17) is 10.9 Å². The largest absolute Gasteiger partial charge is 0.409 e. The predicted molar refractivity (Wildman–Crippen MR) is 85.7 cm³/mol. The fourth-order valence-corrected chi connectivity index (χ4v) is 2.48. The Bertz CT molecular complexity index is 658. The summed E-state index contributed by atoms with van der Waals surface area (Å²) in [6, 6.07) is 11.7. The van der Waals surface area contributed by atoms with Crippen molar-refractivity contribution >= 4 is 33.1 Å². The van der Waals surface area contributed by atoms with Crippen molar-refractivity contribution in [3.05, 3.63) is 58.3 Å². The first-order valence-electron chi connectivity index (χ1n) is 6.37. The molecule has 0 aliphatic rings. The second-order valence-corrected chi connectivity index (χ2v) is 5.28. The van der Waals surface area contributed by atoms with E-state index in [1.165, 1.54) is 12.1 Å². The van der Waals surface area contributed by atoms with Crippen LogP contribution in [0, 0.1) is 5.82 Å². The van der Waals surface area contributed by atoms with Gasteiger partial charge in [-0.1, -0.05) is 21.1 Å². The normalized spacial score (nSPS) is 11.5. The standard InChI is InChI=1S/C15H15BrFN3O/c1-2-20(12-6-4-11(17)5-7-12)14-8-3-10(16)9-13(14)15(18)19-21/h3-9,21H,2H2,1H3,(H2,18,19). The van der Waals surface area contributed by atoms with Crippen molar-refractivity contribution in [2.45, 2.75) is 6.92 Å². The van der Waals surface area contributed by atoms with Gasteiger partial charge < -0.3 is 15.8 Å². The number of halogens is 2. The number of oxime groups is 1. The van der Waals surface area contributed by atoms with Crippen LogP contribution in [0.1, 0.15) is 12.5 Å². The Morgan fingerprint density at radius 3 is 2.52 bits per heavy atom. The summed E-state index contributed by atoms with van der Waals surface area (Å²) < 4.78 is 13.9. The van der Waals surface area contributed by atoms with Crippen molar-refractivity contribution in [1.82, 2.24) is 0 Å². The number of hydrogen-bond acceptors (Lipinski definition) is 3. The molecule has 6 heteroatoms. The second kappa shape index (κ2) is 6.58. The summed E-state index contributed by atoms with van der Waals surface area (Å²) in [6.07, 6.45) is 0. The lowest BCUT2D eigenvalue weighted by Crippen LogP contribution is -2.22. The molecule has 4 nitrogen and oxygen atoms in total. The summed E-state index contributed by atoms with van der Waals surface area (Å²) in [5.74, 6) is -0.269. The Hall–Kier alpha value is -2.08. The first-order valence-corrected chi connectivity index (χ1v) is 7.16. The van der Waals surface area contributed by atoms with Crippen LogP contribution in [0.15, 0.2) is 52.1 Å². The number of nitrogens with zero attached hydrogens (tertiary/aromatic N) is 2. The third kappa shape index (κ3) is 3.33. The van der Waals surface area contributed by atoms with E-state index in [0.29, 0.717) is 12.1 Å². The summed E-state index contributed by atoms with van der Waals surface area (Å²) in [5, 5.41) is 12.0. The first-order chi connectivity index (χ1) is 10.1. The van der Waals surface area contributed by atoms with E-state index in [1.54, 1.807) is 18.2 Å². The lowest BCUT2D eigenvalue weighted by atomic mass is 10.1. The average Bonchev–Trinajstić information content (AvgIpc) is 2.50. The summed E-state index contributed by atoms with van der Waals surface area (Å²) in [5.41, 5.74) is 7.95. The smallest absolute Gasteiger partial charge is 0.172 e. The van der Waals surface area contributed by atoms with Crippen molar-refractivity contribution in [2.75, 3.05) is 11.4 Å². The molecule has 0 saturated heterocycles. The Kier molecular flexibility index (Phi) is 4.80. The third-order valence-electron chi connectivity index (χ3n) is 3.09. The maximum atomic E-state index is 13.1. The molecule has 0 aliphatic carbocycles. The second-order valence-electron chi connectivity index (χ2n) is 4.37. The minimum Gasteiger partial charge on any atom is -0.409 e. The van der Waals surface area contributed by atoms with Crippen LogP contribution in [0.2, 0.25) is 0 Å². The molecular weight excluding hydrogens is 337 g/mol. The third-order valence-corrected chi connectivity index (χ3v) is 3.58. The molecule has 21 heavy (non-hydrogen) atoms. The molecule has 0 atom stereocenters. The molecule has 0 heterocycles. The molecule has 0 aromatic heterocycles. The molecule has 0 fully saturated rings. The zero-order valence-corrected chi connectivity index (χ0v) is 13.0. The molecule has 2 aromatic carbocycles. The van der Waals surface area contributed by atoms with Crippen LogP contribution in [0.25, 0.3) is 0 Å². The summed E-state index contributed by atoms with van der Waals surface area (Å²) in [7, 11) is 0. The summed E-state index contributed by atoms with van der Waals surface area (Å²) in [4.78, 5) is 1.96. The van der Waals surface area contributed by atoms with Crippen LogP contribution in [-0.4, -0.2) is 17.6 Å². The van der Waals surface area contributed by atoms with Gasteiger partial charge >= 0.3 is 0 Å². The van der Waals surface area contributed by atoms with E-state index in [0.717, 1.165) is 15.8 Å². The van der Waals surface area contributed by atoms with Crippen LogP contribution in [0.4, 0.5) is 15.8 Å². The number of nitrogens with two attached hydrogens (primary N) is 1. The van der Waals surface area contributed by atoms with E-state index in [2.05, 4.69) is 21.1 Å². The van der Waals surface area contributed by atoms with Crippen LogP contribution in [0.3, 0.4) is 0 Å². The van der Waals surface area contributed by atoms with Crippen LogP contribution < -0.4 is 10.6 Å². The fourth-order valence-electron chi connectivity index (χ4n) is 2.12. The van der Waals surface area contributed by atoms with Gasteiger partial charge in [0.05, 0.1) is 5.69 Å². The zero-order chi connectivity index (χ0) is 15.4. The van der Waals surface area contributed by atoms with Gasteiger partial charge in [-0.25, -0.2) is 4.39 Å². The Morgan fingerprint density at radius 1 is 1.29 bits per heavy atom. The van der Waals surface area contributed by atoms with Gasteiger partial charge in [0.1, 0.15) is 5.82 Å². The SMILES string of the molecule is CCN(c1ccc(F)cc1)c1ccc(Br)cc1/C(N)=N/O. The van der Waals surface area contributed by atoms with Crippen molar-refractivity contribution in [3.63, 3.8) is 0 Å². The van der Waals surface area contributed by atoms with Gasteiger partial charge in [-0.05, 0) is 49.4 Å². The molecule has 0 radical (unpaired) electrons. The van der Waals surface area contributed by atoms with Gasteiger partial charge in [-0.2, -0.15) is 0 Å². The van der Waals surface area contributed by atoms with Crippen molar-refractivity contribution < 1.29 is 9.60 Å². The molecule has 0 saturated carbocycles. The van der Waals surface area contributed by atoms with Gasteiger partial charge in [0.15, 0.2) is 5.84 Å². The number of rotatable bonds is 4. The lowest BCUT2D eigenvalue weighted by Gasteiger charge is -2.25. The number of benzene rings is 2. The van der Waals surface area contributed by atoms with Crippen molar-refractivity contribution in [1.29, 1.82) is 0 Å². The van der Waals surface area contributed by atoms with Crippen LogP contribution in [0.5, 0.6) is 0 Å².